The second-order valence-electron chi connectivity index (χ2n) is 11.9. The largest absolute Gasteiger partial charge is 0.508 e. The van der Waals surface area contributed by atoms with Gasteiger partial charge in [0.15, 0.2) is 5.82 Å². The number of pyridine rings is 1. The van der Waals surface area contributed by atoms with Gasteiger partial charge in [-0.1, -0.05) is 12.0 Å². The molecule has 3 atom stereocenters. The average molecular weight is 588 g/mol. The summed E-state index contributed by atoms with van der Waals surface area (Å²) in [6.07, 6.45) is 7.37. The van der Waals surface area contributed by atoms with Crippen molar-refractivity contribution in [3.8, 4) is 35.4 Å². The van der Waals surface area contributed by atoms with Gasteiger partial charge in [0, 0.05) is 36.9 Å². The minimum atomic E-state index is -0.917. The van der Waals surface area contributed by atoms with Crippen LogP contribution < -0.4 is 9.64 Å². The van der Waals surface area contributed by atoms with E-state index < -0.39 is 23.3 Å². The lowest BCUT2D eigenvalue weighted by Crippen LogP contribution is -2.49. The molecule has 4 aliphatic rings. The van der Waals surface area contributed by atoms with Crippen molar-refractivity contribution >= 4 is 27.5 Å². The molecule has 3 fully saturated rings. The van der Waals surface area contributed by atoms with Crippen LogP contribution in [0.1, 0.15) is 30.5 Å². The molecular weight excluding hydrogens is 559 g/mol. The predicted octanol–water partition coefficient (Wildman–Crippen LogP) is 4.53. The topological polar surface area (TPSA) is 83.8 Å². The molecule has 8 rings (SSSR count). The lowest BCUT2D eigenvalue weighted by molar-refractivity contribution is 0.0921. The number of anilines is 1. The van der Waals surface area contributed by atoms with E-state index in [1.54, 1.807) is 0 Å². The number of morpholine rings is 1. The quantitative estimate of drug-likeness (QED) is 0.349. The van der Waals surface area contributed by atoms with Crippen molar-refractivity contribution in [2.45, 2.75) is 43.4 Å². The van der Waals surface area contributed by atoms with E-state index in [-0.39, 0.29) is 52.1 Å². The summed E-state index contributed by atoms with van der Waals surface area (Å²) >= 11 is 0. The van der Waals surface area contributed by atoms with Crippen LogP contribution in [-0.2, 0) is 11.2 Å². The van der Waals surface area contributed by atoms with Crippen molar-refractivity contribution in [1.82, 2.24) is 19.9 Å². The zero-order chi connectivity index (χ0) is 29.5. The van der Waals surface area contributed by atoms with Crippen LogP contribution in [-0.4, -0.2) is 82.2 Å². The summed E-state index contributed by atoms with van der Waals surface area (Å²) in [7, 11) is 0. The Labute approximate surface area is 245 Å². The summed E-state index contributed by atoms with van der Waals surface area (Å²) < 4.78 is 57.9. The maximum atomic E-state index is 16.7. The number of aromatic nitrogens is 3. The van der Waals surface area contributed by atoms with Crippen molar-refractivity contribution in [2.75, 3.05) is 44.4 Å². The van der Waals surface area contributed by atoms with Crippen LogP contribution in [0.25, 0.3) is 32.9 Å². The van der Waals surface area contributed by atoms with Crippen LogP contribution in [0.4, 0.5) is 19.0 Å². The highest BCUT2D eigenvalue weighted by molar-refractivity contribution is 6.03. The predicted molar refractivity (Wildman–Crippen MR) is 154 cm³/mol. The van der Waals surface area contributed by atoms with Gasteiger partial charge in [-0.15, -0.1) is 6.42 Å². The number of hydrogen-bond donors (Lipinski definition) is 1. The Bertz CT molecular complexity index is 1860. The Kier molecular flexibility index (Phi) is 5.97. The molecule has 43 heavy (non-hydrogen) atoms. The summed E-state index contributed by atoms with van der Waals surface area (Å²) in [4.78, 5) is 18.3. The van der Waals surface area contributed by atoms with Crippen molar-refractivity contribution in [3.63, 3.8) is 0 Å². The Morgan fingerprint density at radius 2 is 2.05 bits per heavy atom. The van der Waals surface area contributed by atoms with Crippen LogP contribution in [0.3, 0.4) is 0 Å². The minimum Gasteiger partial charge on any atom is -0.508 e. The maximum Gasteiger partial charge on any atom is 0.319 e. The van der Waals surface area contributed by atoms with Crippen LogP contribution in [0.2, 0.25) is 0 Å². The molecule has 4 aromatic rings. The van der Waals surface area contributed by atoms with Crippen LogP contribution >= 0.6 is 0 Å². The van der Waals surface area contributed by atoms with Crippen molar-refractivity contribution in [2.24, 2.45) is 0 Å². The maximum absolute atomic E-state index is 16.7. The molecule has 6 heterocycles. The highest BCUT2D eigenvalue weighted by Crippen LogP contribution is 2.44. The van der Waals surface area contributed by atoms with Gasteiger partial charge in [-0.05, 0) is 43.0 Å². The average Bonchev–Trinajstić information content (AvgIpc) is 3.53. The number of aromatic hydroxyl groups is 1. The molecule has 4 aliphatic heterocycles. The highest BCUT2D eigenvalue weighted by Gasteiger charge is 2.49. The number of alkyl halides is 1. The summed E-state index contributed by atoms with van der Waals surface area (Å²) in [5.41, 5.74) is 0.137. The van der Waals surface area contributed by atoms with E-state index in [1.165, 1.54) is 24.3 Å². The van der Waals surface area contributed by atoms with Gasteiger partial charge >= 0.3 is 6.01 Å². The molecule has 0 unspecified atom stereocenters. The number of benzene rings is 2. The molecule has 11 heteroatoms. The van der Waals surface area contributed by atoms with Gasteiger partial charge in [-0.2, -0.15) is 9.97 Å². The molecule has 0 saturated carbocycles. The molecule has 0 amide bonds. The number of terminal acetylenes is 1. The van der Waals surface area contributed by atoms with Gasteiger partial charge in [0.2, 0.25) is 0 Å². The second-order valence-corrected chi connectivity index (χ2v) is 11.9. The monoisotopic (exact) mass is 587 g/mol. The van der Waals surface area contributed by atoms with Gasteiger partial charge in [0.1, 0.15) is 41.4 Å². The van der Waals surface area contributed by atoms with E-state index >= 15 is 4.39 Å². The molecule has 3 saturated heterocycles. The molecule has 8 nitrogen and oxygen atoms in total. The summed E-state index contributed by atoms with van der Waals surface area (Å²) in [6, 6.07) is 5.39. The van der Waals surface area contributed by atoms with Crippen LogP contribution in [0.5, 0.6) is 11.8 Å². The number of nitrogens with zero attached hydrogens (tertiary/aromatic N) is 5. The number of rotatable bonds is 4. The molecular formula is C32H28F3N5O3. The Morgan fingerprint density at radius 1 is 1.16 bits per heavy atom. The van der Waals surface area contributed by atoms with E-state index in [0.717, 1.165) is 19.4 Å². The van der Waals surface area contributed by atoms with Gasteiger partial charge in [-0.3, -0.25) is 4.90 Å². The summed E-state index contributed by atoms with van der Waals surface area (Å²) in [6.45, 7) is 2.88. The standard InChI is InChI=1S/C32H28F3N5O3/c1-2-21-23(34)5-4-17-10-20(41)12-22(25(17)21)28-27(35)29-26-24(36-28)11-19-15-42-9-8-40(19)30(26)38-31(37-29)43-16-32-6-3-7-39(32)14-18(33)13-32/h1,4-5,10,12,18-19,41H,3,6-9,11,13-16H2/t18-,19-,32+/m1/s1. The molecule has 0 radical (unpaired) electrons. The summed E-state index contributed by atoms with van der Waals surface area (Å²) in [5, 5.41) is 11.8. The highest BCUT2D eigenvalue weighted by atomic mass is 19.1. The third kappa shape index (κ3) is 4.03. The van der Waals surface area contributed by atoms with E-state index in [9.17, 15) is 13.9 Å². The molecule has 0 bridgehead atoms. The van der Waals surface area contributed by atoms with E-state index in [4.69, 9.17) is 25.9 Å². The first-order chi connectivity index (χ1) is 20.8. The summed E-state index contributed by atoms with van der Waals surface area (Å²) in [5.74, 6) is 1.35. The first-order valence-corrected chi connectivity index (χ1v) is 14.5. The molecule has 2 aromatic carbocycles. The fourth-order valence-corrected chi connectivity index (χ4v) is 7.53. The molecule has 2 aromatic heterocycles. The third-order valence-electron chi connectivity index (χ3n) is 9.43. The first kappa shape index (κ1) is 26.5. The number of phenols is 1. The van der Waals surface area contributed by atoms with E-state index in [1.807, 2.05) is 0 Å². The zero-order valence-electron chi connectivity index (χ0n) is 23.2. The number of hydrogen-bond acceptors (Lipinski definition) is 8. The fourth-order valence-electron chi connectivity index (χ4n) is 7.53. The third-order valence-corrected chi connectivity index (χ3v) is 9.43. The molecule has 220 valence electrons. The van der Waals surface area contributed by atoms with Crippen molar-refractivity contribution in [3.05, 3.63) is 47.2 Å². The fraction of sp³-hybridized carbons (Fsp3) is 0.406. The van der Waals surface area contributed by atoms with Crippen molar-refractivity contribution < 1.29 is 27.8 Å². The minimum absolute atomic E-state index is 0.00343. The Balaban J connectivity index is 1.32. The van der Waals surface area contributed by atoms with Gasteiger partial charge in [-0.25, -0.2) is 18.2 Å². The molecule has 0 aliphatic carbocycles. The Hall–Kier alpha value is -4.14. The number of phenolic OH excluding ortho intramolecular Hbond substituents is 1. The van der Waals surface area contributed by atoms with Crippen LogP contribution in [0.15, 0.2) is 24.3 Å². The second kappa shape index (κ2) is 9.69. The lowest BCUT2D eigenvalue weighted by Gasteiger charge is -2.40. The smallest absolute Gasteiger partial charge is 0.319 e. The molecule has 0 spiro atoms. The number of halogens is 3. The van der Waals surface area contributed by atoms with Crippen LogP contribution in [0, 0.1) is 24.0 Å². The van der Waals surface area contributed by atoms with Crippen molar-refractivity contribution in [1.29, 1.82) is 0 Å². The lowest BCUT2D eigenvalue weighted by atomic mass is 9.94. The van der Waals surface area contributed by atoms with E-state index in [2.05, 4.69) is 20.7 Å². The van der Waals surface area contributed by atoms with Gasteiger partial charge in [0.05, 0.1) is 41.4 Å². The van der Waals surface area contributed by atoms with Gasteiger partial charge in [0.25, 0.3) is 0 Å². The SMILES string of the molecule is C#Cc1c(F)ccc2cc(O)cc(-c3nc4c5c(nc(OC[C@@]67CCCN6C[C@H](F)C7)nc5c3F)N3CCOC[C@H]3C4)c12. The molecule has 1 N–H and O–H groups in total. The zero-order valence-corrected chi connectivity index (χ0v) is 23.2. The normalized spacial score (nSPS) is 24.7. The van der Waals surface area contributed by atoms with Gasteiger partial charge < -0.3 is 19.5 Å². The van der Waals surface area contributed by atoms with E-state index in [0.29, 0.717) is 61.4 Å². The Morgan fingerprint density at radius 3 is 2.91 bits per heavy atom. The number of ether oxygens (including phenoxy) is 2. The number of fused-ring (bicyclic) bond motifs is 4. The first-order valence-electron chi connectivity index (χ1n) is 14.5.